The second-order valence-electron chi connectivity index (χ2n) is 6.53. The Morgan fingerprint density at radius 1 is 1.29 bits per heavy atom. The highest BCUT2D eigenvalue weighted by Crippen LogP contribution is 2.31. The Balaban J connectivity index is 1.59. The van der Waals surface area contributed by atoms with Crippen LogP contribution in [0, 0.1) is 11.6 Å². The van der Waals surface area contributed by atoms with Gasteiger partial charge in [-0.25, -0.2) is 13.6 Å². The Labute approximate surface area is 185 Å². The Kier molecular flexibility index (Phi) is 7.96. The van der Waals surface area contributed by atoms with Crippen molar-refractivity contribution in [1.29, 1.82) is 0 Å². The van der Waals surface area contributed by atoms with E-state index in [0.717, 1.165) is 36.8 Å². The fraction of sp³-hybridized carbons (Fsp3) is 0.389. The molecule has 0 unspecified atom stereocenters. The first-order valence-electron chi connectivity index (χ1n) is 9.25. The summed E-state index contributed by atoms with van der Waals surface area (Å²) in [6.07, 6.45) is 0. The van der Waals surface area contributed by atoms with Gasteiger partial charge in [0.15, 0.2) is 0 Å². The topological polar surface area (TPSA) is 119 Å². The number of morpholine rings is 1. The van der Waals surface area contributed by atoms with Crippen LogP contribution in [-0.4, -0.2) is 60.6 Å². The van der Waals surface area contributed by atoms with Gasteiger partial charge in [-0.2, -0.15) is 4.37 Å². The predicted molar refractivity (Wildman–Crippen MR) is 111 cm³/mol. The van der Waals surface area contributed by atoms with Crippen molar-refractivity contribution in [3.8, 4) is 5.88 Å². The van der Waals surface area contributed by atoms with Gasteiger partial charge < -0.3 is 20.5 Å². The largest absolute Gasteiger partial charge is 0.471 e. The first-order valence-corrected chi connectivity index (χ1v) is 10.4. The van der Waals surface area contributed by atoms with E-state index in [1.165, 1.54) is 0 Å². The van der Waals surface area contributed by atoms with E-state index in [9.17, 15) is 18.4 Å². The third-order valence-corrected chi connectivity index (χ3v) is 5.37. The number of benzene rings is 1. The number of nitrogens with zero attached hydrogens (tertiary/aromatic N) is 2. The summed E-state index contributed by atoms with van der Waals surface area (Å²) in [6.45, 7) is 3.37. The van der Waals surface area contributed by atoms with Crippen LogP contribution in [0.2, 0.25) is 5.02 Å². The fourth-order valence-corrected chi connectivity index (χ4v) is 3.75. The van der Waals surface area contributed by atoms with E-state index >= 15 is 0 Å². The van der Waals surface area contributed by atoms with E-state index in [-0.39, 0.29) is 27.0 Å². The van der Waals surface area contributed by atoms with Crippen molar-refractivity contribution in [2.75, 3.05) is 44.7 Å². The van der Waals surface area contributed by atoms with Gasteiger partial charge in [0.1, 0.15) is 28.8 Å². The average molecular weight is 476 g/mol. The maximum atomic E-state index is 13.9. The zero-order valence-electron chi connectivity index (χ0n) is 16.3. The Bertz CT molecular complexity index is 932. The molecule has 2 heterocycles. The van der Waals surface area contributed by atoms with Gasteiger partial charge in [0.05, 0.1) is 18.8 Å². The molecule has 2 aromatic rings. The molecule has 13 heteroatoms. The van der Waals surface area contributed by atoms with Crippen LogP contribution < -0.4 is 21.1 Å². The van der Waals surface area contributed by atoms with Gasteiger partial charge in [-0.15, -0.1) is 0 Å². The van der Waals surface area contributed by atoms with Crippen LogP contribution in [0.15, 0.2) is 12.1 Å². The number of urea groups is 1. The molecule has 31 heavy (non-hydrogen) atoms. The third kappa shape index (κ3) is 6.23. The van der Waals surface area contributed by atoms with Gasteiger partial charge in [-0.1, -0.05) is 11.6 Å². The standard InChI is InChI=1S/C18H20ClF2N5O4S/c19-10-7-12(20)11(13(21)8-10)9-30-16-14(15(22)27)17(31-25-16)24-18(28)23-1-2-26-3-5-29-6-4-26/h7-8H,1-6,9H2,(H2,22,27)(H2,23,24,28). The van der Waals surface area contributed by atoms with Crippen LogP contribution in [0.1, 0.15) is 15.9 Å². The number of rotatable bonds is 8. The lowest BCUT2D eigenvalue weighted by Gasteiger charge is -2.26. The Morgan fingerprint density at radius 2 is 1.97 bits per heavy atom. The van der Waals surface area contributed by atoms with Gasteiger partial charge in [0.25, 0.3) is 5.91 Å². The normalized spacial score (nSPS) is 14.3. The number of aromatic nitrogens is 1. The van der Waals surface area contributed by atoms with Crippen LogP contribution in [0.5, 0.6) is 5.88 Å². The molecule has 1 aromatic heterocycles. The second-order valence-corrected chi connectivity index (χ2v) is 7.74. The highest BCUT2D eigenvalue weighted by atomic mass is 35.5. The van der Waals surface area contributed by atoms with Crippen LogP contribution in [0.4, 0.5) is 18.6 Å². The molecule has 0 radical (unpaired) electrons. The summed E-state index contributed by atoms with van der Waals surface area (Å²) in [6, 6.07) is 1.32. The number of hydrogen-bond acceptors (Lipinski definition) is 7. The minimum absolute atomic E-state index is 0.0587. The highest BCUT2D eigenvalue weighted by molar-refractivity contribution is 7.11. The number of amides is 3. The third-order valence-electron chi connectivity index (χ3n) is 4.41. The molecule has 0 atom stereocenters. The summed E-state index contributed by atoms with van der Waals surface area (Å²) in [7, 11) is 0. The van der Waals surface area contributed by atoms with Crippen LogP contribution in [0.3, 0.4) is 0 Å². The molecule has 1 fully saturated rings. The predicted octanol–water partition coefficient (Wildman–Crippen LogP) is 2.21. The molecule has 0 bridgehead atoms. The zero-order valence-corrected chi connectivity index (χ0v) is 17.8. The molecule has 1 aromatic carbocycles. The van der Waals surface area contributed by atoms with E-state index < -0.39 is 30.2 Å². The molecule has 4 N–H and O–H groups in total. The number of ether oxygens (including phenoxy) is 2. The van der Waals surface area contributed by atoms with Crippen molar-refractivity contribution in [1.82, 2.24) is 14.6 Å². The van der Waals surface area contributed by atoms with Gasteiger partial charge in [0, 0.05) is 31.2 Å². The number of halogens is 3. The van der Waals surface area contributed by atoms with Crippen molar-refractivity contribution >= 4 is 40.1 Å². The summed E-state index contributed by atoms with van der Waals surface area (Å²) in [5.74, 6) is -2.96. The quantitative estimate of drug-likeness (QED) is 0.538. The van der Waals surface area contributed by atoms with Crippen LogP contribution in [-0.2, 0) is 11.3 Å². The summed E-state index contributed by atoms with van der Waals surface area (Å²) in [5.41, 5.74) is 4.80. The summed E-state index contributed by atoms with van der Waals surface area (Å²) in [5, 5.41) is 5.13. The van der Waals surface area contributed by atoms with Crippen molar-refractivity contribution in [2.24, 2.45) is 5.73 Å². The summed E-state index contributed by atoms with van der Waals surface area (Å²) < 4.78 is 42.3. The highest BCUT2D eigenvalue weighted by Gasteiger charge is 2.23. The number of nitrogens with one attached hydrogen (secondary N) is 2. The molecule has 1 saturated heterocycles. The maximum Gasteiger partial charge on any atom is 0.319 e. The molecule has 3 rings (SSSR count). The van der Waals surface area contributed by atoms with E-state index in [1.807, 2.05) is 0 Å². The number of hydrogen-bond donors (Lipinski definition) is 3. The monoisotopic (exact) mass is 475 g/mol. The van der Waals surface area contributed by atoms with Gasteiger partial charge in [0.2, 0.25) is 5.88 Å². The lowest BCUT2D eigenvalue weighted by Crippen LogP contribution is -2.42. The SMILES string of the molecule is NC(=O)c1c(OCc2c(F)cc(Cl)cc2F)nsc1NC(=O)NCCN1CCOCC1. The van der Waals surface area contributed by atoms with Crippen molar-refractivity contribution in [2.45, 2.75) is 6.61 Å². The minimum Gasteiger partial charge on any atom is -0.471 e. The number of primary amides is 1. The number of carbonyl (C=O) groups is 2. The molecule has 1 aliphatic heterocycles. The molecule has 0 aliphatic carbocycles. The van der Waals surface area contributed by atoms with Crippen molar-refractivity contribution < 1.29 is 27.8 Å². The first kappa shape index (κ1) is 23.1. The molecule has 3 amide bonds. The molecule has 0 saturated carbocycles. The maximum absolute atomic E-state index is 13.9. The Hall–Kier alpha value is -2.54. The number of anilines is 1. The first-order chi connectivity index (χ1) is 14.8. The molecule has 1 aliphatic rings. The molecular weight excluding hydrogens is 456 g/mol. The molecule has 9 nitrogen and oxygen atoms in total. The van der Waals surface area contributed by atoms with E-state index in [4.69, 9.17) is 26.8 Å². The lowest BCUT2D eigenvalue weighted by atomic mass is 10.2. The summed E-state index contributed by atoms with van der Waals surface area (Å²) >= 11 is 6.35. The lowest BCUT2D eigenvalue weighted by molar-refractivity contribution is 0.0388. The van der Waals surface area contributed by atoms with Gasteiger partial charge in [-0.3, -0.25) is 15.0 Å². The van der Waals surface area contributed by atoms with E-state index in [1.54, 1.807) is 0 Å². The molecule has 0 spiro atoms. The average Bonchev–Trinajstić information content (AvgIpc) is 3.10. The van der Waals surface area contributed by atoms with Crippen molar-refractivity contribution in [3.63, 3.8) is 0 Å². The molecule has 168 valence electrons. The van der Waals surface area contributed by atoms with Crippen LogP contribution >= 0.6 is 23.1 Å². The van der Waals surface area contributed by atoms with E-state index in [2.05, 4.69) is 19.9 Å². The number of carbonyl (C=O) groups excluding carboxylic acids is 2. The molecular formula is C18H20ClF2N5O4S. The minimum atomic E-state index is -0.913. The van der Waals surface area contributed by atoms with E-state index in [0.29, 0.717) is 26.3 Å². The summed E-state index contributed by atoms with van der Waals surface area (Å²) in [4.78, 5) is 26.1. The van der Waals surface area contributed by atoms with Gasteiger partial charge in [-0.05, 0) is 23.7 Å². The van der Waals surface area contributed by atoms with Crippen molar-refractivity contribution in [3.05, 3.63) is 39.9 Å². The van der Waals surface area contributed by atoms with Gasteiger partial charge >= 0.3 is 6.03 Å². The second kappa shape index (κ2) is 10.7. The Morgan fingerprint density at radius 3 is 2.61 bits per heavy atom. The fourth-order valence-electron chi connectivity index (χ4n) is 2.83. The number of nitrogens with two attached hydrogens (primary N) is 1. The van der Waals surface area contributed by atoms with Crippen LogP contribution in [0.25, 0.3) is 0 Å². The smallest absolute Gasteiger partial charge is 0.319 e. The zero-order chi connectivity index (χ0) is 22.4.